The molecule has 42 valence electrons. The summed E-state index contributed by atoms with van der Waals surface area (Å²) in [4.78, 5) is 0. The van der Waals surface area contributed by atoms with E-state index in [9.17, 15) is 0 Å². The Kier molecular flexibility index (Phi) is 1.97. The van der Waals surface area contributed by atoms with Crippen LogP contribution in [0, 0.1) is 0 Å². The molecule has 0 radical (unpaired) electrons. The summed E-state index contributed by atoms with van der Waals surface area (Å²) in [5.41, 5.74) is 0. The minimum atomic E-state index is 0.116. The largest absolute Gasteiger partial charge is 0.237 e. The molecule has 7 heavy (non-hydrogen) atoms. The van der Waals surface area contributed by atoms with Gasteiger partial charge in [-0.25, -0.2) is 0 Å². The summed E-state index contributed by atoms with van der Waals surface area (Å²) in [5.74, 6) is 1.20. The molecular weight excluding hydrogens is 110 g/mol. The van der Waals surface area contributed by atoms with Crippen LogP contribution >= 0.6 is 0 Å². The Morgan fingerprint density at radius 3 is 2.86 bits per heavy atom. The fourth-order valence-electron chi connectivity index (χ4n) is 0.604. The van der Waals surface area contributed by atoms with E-state index in [0.717, 1.165) is 6.54 Å². The highest BCUT2D eigenvalue weighted by Gasteiger charge is 2.23. The molecule has 1 atom stereocenters. The minimum absolute atomic E-state index is 0.116. The average Bonchev–Trinajstić information content (AvgIpc) is 2.14. The molecule has 0 spiro atoms. The highest BCUT2D eigenvalue weighted by atomic mass is 32.2. The van der Waals surface area contributed by atoms with Crippen LogP contribution < -0.4 is 4.72 Å². The molecule has 0 aliphatic carbocycles. The third-order valence-electron chi connectivity index (χ3n) is 0.971. The fourth-order valence-corrected chi connectivity index (χ4v) is 1.81. The summed E-state index contributed by atoms with van der Waals surface area (Å²) in [7, 11) is 1.75. The fraction of sp³-hybridized carbons (Fsp3) is 1.00. The normalized spacial score (nSPS) is 31.3. The van der Waals surface area contributed by atoms with Crippen LogP contribution in [0.1, 0.15) is 6.42 Å². The van der Waals surface area contributed by atoms with Crippen LogP contribution in [0.4, 0.5) is 0 Å². The van der Waals surface area contributed by atoms with E-state index in [-0.39, 0.29) is 11.4 Å². The maximum Gasteiger partial charge on any atom is 0.237 e. The Hall–Kier alpha value is 0.270. The Morgan fingerprint density at radius 2 is 2.57 bits per heavy atom. The van der Waals surface area contributed by atoms with Crippen molar-refractivity contribution in [3.63, 3.8) is 0 Å². The van der Waals surface area contributed by atoms with Crippen molar-refractivity contribution in [3.8, 4) is 0 Å². The monoisotopic (exact) mass is 120 g/mol. The first-order valence-electron chi connectivity index (χ1n) is 2.42. The van der Waals surface area contributed by atoms with Crippen molar-refractivity contribution in [2.24, 2.45) is 0 Å². The maximum absolute atomic E-state index is 5.03. The third-order valence-corrected chi connectivity index (χ3v) is 2.56. The molecule has 0 amide bonds. The number of nitrogens with one attached hydrogen (secondary N) is 1. The summed E-state index contributed by atoms with van der Waals surface area (Å²) in [6, 6.07) is 0. The van der Waals surface area contributed by atoms with Gasteiger partial charge in [-0.1, -0.05) is 0 Å². The highest BCUT2D eigenvalue weighted by Crippen LogP contribution is 2.01. The Labute approximate surface area is 46.9 Å². The first-order chi connectivity index (χ1) is 3.43. The van der Waals surface area contributed by atoms with E-state index in [0.29, 0.717) is 0 Å². The highest BCUT2D eigenvalue weighted by molar-refractivity contribution is 7.90. The van der Waals surface area contributed by atoms with Crippen molar-refractivity contribution in [1.82, 2.24) is 4.72 Å². The van der Waals surface area contributed by atoms with Crippen molar-refractivity contribution < 1.29 is 4.18 Å². The predicted molar refractivity (Wildman–Crippen MR) is 31.9 cm³/mol. The summed E-state index contributed by atoms with van der Waals surface area (Å²) >= 11 is 0.116. The van der Waals surface area contributed by atoms with E-state index in [4.69, 9.17) is 4.18 Å². The lowest BCUT2D eigenvalue weighted by Crippen LogP contribution is -2.18. The second-order valence-electron chi connectivity index (χ2n) is 1.46. The molecular formula is C4H10NOS+. The molecule has 1 aliphatic rings. The second kappa shape index (κ2) is 2.55. The van der Waals surface area contributed by atoms with E-state index in [1.807, 2.05) is 0 Å². The van der Waals surface area contributed by atoms with Crippen LogP contribution in [0.25, 0.3) is 0 Å². The van der Waals surface area contributed by atoms with Gasteiger partial charge in [-0.3, -0.25) is 0 Å². The molecule has 1 unspecified atom stereocenters. The van der Waals surface area contributed by atoms with Crippen molar-refractivity contribution >= 4 is 11.4 Å². The molecule has 1 heterocycles. The van der Waals surface area contributed by atoms with Gasteiger partial charge in [0.25, 0.3) is 0 Å². The van der Waals surface area contributed by atoms with Crippen LogP contribution in [0.2, 0.25) is 0 Å². The molecule has 3 heteroatoms. The third kappa shape index (κ3) is 1.33. The van der Waals surface area contributed by atoms with Crippen LogP contribution in [0.5, 0.6) is 0 Å². The van der Waals surface area contributed by atoms with Gasteiger partial charge in [0.1, 0.15) is 0 Å². The van der Waals surface area contributed by atoms with E-state index >= 15 is 0 Å². The van der Waals surface area contributed by atoms with E-state index < -0.39 is 0 Å². The van der Waals surface area contributed by atoms with Crippen LogP contribution in [0.15, 0.2) is 0 Å². The molecule has 0 bridgehead atoms. The lowest BCUT2D eigenvalue weighted by Gasteiger charge is -1.88. The first kappa shape index (κ1) is 5.41. The SMILES string of the molecule is CO[S+]1CCCN1. The van der Waals surface area contributed by atoms with Crippen molar-refractivity contribution in [2.45, 2.75) is 6.42 Å². The Morgan fingerprint density at radius 1 is 1.71 bits per heavy atom. The van der Waals surface area contributed by atoms with Gasteiger partial charge in [-0.2, -0.15) is 4.18 Å². The summed E-state index contributed by atoms with van der Waals surface area (Å²) < 4.78 is 8.24. The van der Waals surface area contributed by atoms with Gasteiger partial charge < -0.3 is 0 Å². The molecule has 0 aromatic carbocycles. The molecule has 2 nitrogen and oxygen atoms in total. The predicted octanol–water partition coefficient (Wildman–Crippen LogP) is 0.0744. The Bertz CT molecular complexity index is 53.7. The number of hydrogen-bond donors (Lipinski definition) is 1. The van der Waals surface area contributed by atoms with E-state index in [1.54, 1.807) is 7.11 Å². The molecule has 1 saturated heterocycles. The van der Waals surface area contributed by atoms with Crippen molar-refractivity contribution in [3.05, 3.63) is 0 Å². The second-order valence-corrected chi connectivity index (χ2v) is 3.19. The van der Waals surface area contributed by atoms with Gasteiger partial charge in [0, 0.05) is 13.0 Å². The molecule has 1 aliphatic heterocycles. The van der Waals surface area contributed by atoms with Crippen LogP contribution in [-0.2, 0) is 15.5 Å². The van der Waals surface area contributed by atoms with Crippen molar-refractivity contribution in [2.75, 3.05) is 19.4 Å². The molecule has 0 saturated carbocycles. The zero-order valence-corrected chi connectivity index (χ0v) is 5.25. The van der Waals surface area contributed by atoms with E-state index in [2.05, 4.69) is 4.72 Å². The number of rotatable bonds is 1. The molecule has 0 aromatic heterocycles. The number of hydrogen-bond acceptors (Lipinski definition) is 2. The molecule has 1 fully saturated rings. The van der Waals surface area contributed by atoms with Crippen LogP contribution in [-0.4, -0.2) is 19.4 Å². The first-order valence-corrected chi connectivity index (χ1v) is 3.74. The average molecular weight is 120 g/mol. The lowest BCUT2D eigenvalue weighted by atomic mass is 10.5. The van der Waals surface area contributed by atoms with Gasteiger partial charge >= 0.3 is 0 Å². The van der Waals surface area contributed by atoms with Crippen molar-refractivity contribution in [1.29, 1.82) is 0 Å². The van der Waals surface area contributed by atoms with Gasteiger partial charge in [0.05, 0.1) is 7.11 Å². The van der Waals surface area contributed by atoms with Gasteiger partial charge in [-0.15, -0.1) is 4.72 Å². The smallest absolute Gasteiger partial charge is 0.156 e. The van der Waals surface area contributed by atoms with Crippen LogP contribution in [0.3, 0.4) is 0 Å². The topological polar surface area (TPSA) is 21.3 Å². The van der Waals surface area contributed by atoms with E-state index in [1.165, 1.54) is 12.2 Å². The zero-order chi connectivity index (χ0) is 5.11. The summed E-state index contributed by atoms with van der Waals surface area (Å²) in [6.07, 6.45) is 1.27. The van der Waals surface area contributed by atoms with Gasteiger partial charge in [0.15, 0.2) is 5.75 Å². The molecule has 0 aromatic rings. The maximum atomic E-state index is 5.03. The molecule has 1 rings (SSSR count). The minimum Gasteiger partial charge on any atom is -0.156 e. The molecule has 1 N–H and O–H groups in total. The van der Waals surface area contributed by atoms with Gasteiger partial charge in [-0.05, 0) is 0 Å². The lowest BCUT2D eigenvalue weighted by molar-refractivity contribution is 0.470. The summed E-state index contributed by atoms with van der Waals surface area (Å²) in [6.45, 7) is 1.14. The van der Waals surface area contributed by atoms with Gasteiger partial charge in [0.2, 0.25) is 11.4 Å². The standard InChI is InChI=1S/C4H10NOS/c1-6-7-4-2-3-5-7/h5H,2-4H2,1H3/q+1. The summed E-state index contributed by atoms with van der Waals surface area (Å²) in [5, 5.41) is 0. The quantitative estimate of drug-likeness (QED) is 0.495. The zero-order valence-electron chi connectivity index (χ0n) is 4.44. The Balaban J connectivity index is 2.14.